The van der Waals surface area contributed by atoms with Gasteiger partial charge in [0.05, 0.1) is 5.33 Å². The molecule has 2 amide bonds. The fraction of sp³-hybridized carbons (Fsp3) is 0.308. The van der Waals surface area contributed by atoms with E-state index in [0.717, 1.165) is 18.6 Å². The molecule has 0 spiro atoms. The first-order valence-corrected chi connectivity index (χ1v) is 7.27. The Bertz CT molecular complexity index is 534. The van der Waals surface area contributed by atoms with Crippen LogP contribution in [0.15, 0.2) is 29.4 Å². The molecule has 1 aromatic carbocycles. The van der Waals surface area contributed by atoms with Crippen molar-refractivity contribution in [2.24, 2.45) is 11.0 Å². The van der Waals surface area contributed by atoms with Gasteiger partial charge in [0, 0.05) is 5.56 Å². The molecule has 1 rings (SSSR count). The highest BCUT2D eigenvalue weighted by Crippen LogP contribution is 2.06. The Labute approximate surface area is 129 Å². The van der Waals surface area contributed by atoms with Crippen molar-refractivity contribution in [3.8, 4) is 0 Å². The quantitative estimate of drug-likeness (QED) is 0.210. The number of carbonyl (C=O) groups excluding carboxylic acids is 2. The van der Waals surface area contributed by atoms with Crippen LogP contribution in [0.2, 0.25) is 0 Å². The van der Waals surface area contributed by atoms with Crippen molar-refractivity contribution in [3.05, 3.63) is 35.6 Å². The molecule has 8 heteroatoms. The molecule has 1 aromatic rings. The van der Waals surface area contributed by atoms with E-state index in [1.807, 2.05) is 6.92 Å². The first-order valence-electron chi connectivity index (χ1n) is 6.15. The van der Waals surface area contributed by atoms with E-state index < -0.39 is 17.6 Å². The number of nitrogens with two attached hydrogens (primary N) is 1. The molecule has 0 bridgehead atoms. The lowest BCUT2D eigenvalue weighted by Gasteiger charge is -2.15. The molecule has 0 unspecified atom stereocenters. The third kappa shape index (κ3) is 4.91. The highest BCUT2D eigenvalue weighted by Gasteiger charge is 2.24. The molecule has 0 aliphatic carbocycles. The molecular formula is C13H15BrFN3O3. The minimum absolute atomic E-state index is 0.0404. The highest BCUT2D eigenvalue weighted by molar-refractivity contribution is 9.09. The summed E-state index contributed by atoms with van der Waals surface area (Å²) in [7, 11) is 0. The van der Waals surface area contributed by atoms with E-state index in [1.165, 1.54) is 12.1 Å². The van der Waals surface area contributed by atoms with Crippen LogP contribution < -0.4 is 5.84 Å². The summed E-state index contributed by atoms with van der Waals surface area (Å²) in [4.78, 5) is 28.9. The molecule has 6 nitrogen and oxygen atoms in total. The summed E-state index contributed by atoms with van der Waals surface area (Å²) in [6.45, 7) is 2.23. The zero-order valence-electron chi connectivity index (χ0n) is 11.4. The number of oxime groups is 1. The van der Waals surface area contributed by atoms with Gasteiger partial charge in [0.15, 0.2) is 5.71 Å². The van der Waals surface area contributed by atoms with Crippen LogP contribution in [0.4, 0.5) is 4.39 Å². The van der Waals surface area contributed by atoms with Gasteiger partial charge in [0.2, 0.25) is 0 Å². The zero-order chi connectivity index (χ0) is 15.8. The number of hydrogen-bond donors (Lipinski definition) is 1. The maximum Gasteiger partial charge on any atom is 0.293 e. The Balaban J connectivity index is 2.82. The highest BCUT2D eigenvalue weighted by atomic mass is 79.9. The molecule has 0 aromatic heterocycles. The summed E-state index contributed by atoms with van der Waals surface area (Å²) in [6, 6.07) is 4.69. The molecule has 2 N–H and O–H groups in total. The van der Waals surface area contributed by atoms with E-state index in [4.69, 9.17) is 10.7 Å². The minimum atomic E-state index is -0.794. The Morgan fingerprint density at radius 2 is 2.00 bits per heavy atom. The lowest BCUT2D eigenvalue weighted by Crippen LogP contribution is -2.46. The smallest absolute Gasteiger partial charge is 0.293 e. The van der Waals surface area contributed by atoms with Crippen LogP contribution in [0.25, 0.3) is 0 Å². The topological polar surface area (TPSA) is 85.0 Å². The Kier molecular flexibility index (Phi) is 6.97. The predicted octanol–water partition coefficient (Wildman–Crippen LogP) is 1.85. The summed E-state index contributed by atoms with van der Waals surface area (Å²) in [6.07, 6.45) is 0.730. The molecule has 0 aliphatic rings. The van der Waals surface area contributed by atoms with E-state index in [9.17, 15) is 14.0 Å². The Hall–Kier alpha value is -1.80. The molecule has 0 aliphatic heterocycles. The summed E-state index contributed by atoms with van der Waals surface area (Å²) < 4.78 is 12.8. The molecule has 0 heterocycles. The zero-order valence-corrected chi connectivity index (χ0v) is 13.0. The van der Waals surface area contributed by atoms with Crippen LogP contribution >= 0.6 is 15.9 Å². The fourth-order valence-electron chi connectivity index (χ4n) is 1.30. The lowest BCUT2D eigenvalue weighted by molar-refractivity contribution is -0.122. The van der Waals surface area contributed by atoms with E-state index >= 15 is 0 Å². The van der Waals surface area contributed by atoms with Crippen molar-refractivity contribution in [3.63, 3.8) is 0 Å². The number of carbonyl (C=O) groups is 2. The third-order valence-corrected chi connectivity index (χ3v) is 2.90. The van der Waals surface area contributed by atoms with Crippen molar-refractivity contribution < 1.29 is 18.8 Å². The maximum atomic E-state index is 12.8. The third-order valence-electron chi connectivity index (χ3n) is 2.37. The van der Waals surface area contributed by atoms with Gasteiger partial charge < -0.3 is 4.84 Å². The van der Waals surface area contributed by atoms with E-state index in [0.29, 0.717) is 11.6 Å². The van der Waals surface area contributed by atoms with E-state index in [1.54, 1.807) is 0 Å². The average Bonchev–Trinajstić information content (AvgIpc) is 2.50. The number of rotatable bonds is 6. The molecule has 0 radical (unpaired) electrons. The number of alkyl halides is 1. The summed E-state index contributed by atoms with van der Waals surface area (Å²) >= 11 is 3.08. The number of halogens is 2. The Morgan fingerprint density at radius 1 is 1.38 bits per heavy atom. The van der Waals surface area contributed by atoms with Crippen molar-refractivity contribution in [1.82, 2.24) is 5.01 Å². The van der Waals surface area contributed by atoms with Gasteiger partial charge in [-0.15, -0.1) is 0 Å². The van der Waals surface area contributed by atoms with Gasteiger partial charge in [-0.3, -0.25) is 9.59 Å². The normalized spacial score (nSPS) is 11.1. The van der Waals surface area contributed by atoms with E-state index in [-0.39, 0.29) is 16.6 Å². The van der Waals surface area contributed by atoms with Crippen molar-refractivity contribution in [1.29, 1.82) is 0 Å². The summed E-state index contributed by atoms with van der Waals surface area (Å²) in [5.74, 6) is 3.45. The molecule has 0 saturated heterocycles. The number of nitrogens with zero attached hydrogens (tertiary/aromatic N) is 2. The lowest BCUT2D eigenvalue weighted by atomic mass is 10.2. The first kappa shape index (κ1) is 17.3. The number of hydrogen-bond acceptors (Lipinski definition) is 5. The summed E-state index contributed by atoms with van der Waals surface area (Å²) in [5.41, 5.74) is 0.0528. The van der Waals surface area contributed by atoms with Gasteiger partial charge in [0.25, 0.3) is 11.8 Å². The predicted molar refractivity (Wildman–Crippen MR) is 79.2 cm³/mol. The van der Waals surface area contributed by atoms with Crippen LogP contribution in [0, 0.1) is 5.82 Å². The van der Waals surface area contributed by atoms with Crippen molar-refractivity contribution >= 4 is 33.5 Å². The largest absolute Gasteiger partial charge is 0.395 e. The molecule has 0 saturated carbocycles. The van der Waals surface area contributed by atoms with Gasteiger partial charge in [-0.1, -0.05) is 28.0 Å². The van der Waals surface area contributed by atoms with Crippen molar-refractivity contribution in [2.75, 3.05) is 11.9 Å². The van der Waals surface area contributed by atoms with Gasteiger partial charge in [-0.2, -0.15) is 0 Å². The van der Waals surface area contributed by atoms with Gasteiger partial charge in [0.1, 0.15) is 12.4 Å². The van der Waals surface area contributed by atoms with Crippen LogP contribution in [0.1, 0.15) is 23.7 Å². The second-order valence-corrected chi connectivity index (χ2v) is 4.55. The standard InChI is InChI=1S/C13H15BrFN3O3/c1-2-7-21-17-11(8-14)13(20)18(16)12(19)9-3-5-10(15)6-4-9/h3-6H,2,7-8,16H2,1H3. The molecule has 0 atom stereocenters. The van der Waals surface area contributed by atoms with Gasteiger partial charge in [-0.05, 0) is 30.7 Å². The summed E-state index contributed by atoms with van der Waals surface area (Å²) in [5, 5.41) is 4.13. The molecule has 114 valence electrons. The number of imide groups is 1. The van der Waals surface area contributed by atoms with Gasteiger partial charge in [-0.25, -0.2) is 15.2 Å². The van der Waals surface area contributed by atoms with Crippen LogP contribution in [-0.4, -0.2) is 34.5 Å². The molecule has 0 fully saturated rings. The minimum Gasteiger partial charge on any atom is -0.395 e. The monoisotopic (exact) mass is 359 g/mol. The number of hydrazine groups is 1. The molecular weight excluding hydrogens is 345 g/mol. The van der Waals surface area contributed by atoms with Gasteiger partial charge >= 0.3 is 0 Å². The second kappa shape index (κ2) is 8.48. The first-order chi connectivity index (χ1) is 10.0. The SMILES string of the molecule is CCCON=C(CBr)C(=O)N(N)C(=O)c1ccc(F)cc1. The Morgan fingerprint density at radius 3 is 2.52 bits per heavy atom. The average molecular weight is 360 g/mol. The van der Waals surface area contributed by atoms with Crippen LogP contribution in [-0.2, 0) is 9.63 Å². The van der Waals surface area contributed by atoms with Crippen LogP contribution in [0.5, 0.6) is 0 Å². The van der Waals surface area contributed by atoms with Crippen LogP contribution in [0.3, 0.4) is 0 Å². The molecule has 21 heavy (non-hydrogen) atoms. The fourth-order valence-corrected chi connectivity index (χ4v) is 1.64. The maximum absolute atomic E-state index is 12.8. The van der Waals surface area contributed by atoms with E-state index in [2.05, 4.69) is 21.1 Å². The number of benzene rings is 1. The van der Waals surface area contributed by atoms with Crippen molar-refractivity contribution in [2.45, 2.75) is 13.3 Å². The second-order valence-electron chi connectivity index (χ2n) is 3.99. The number of amides is 2.